The van der Waals surface area contributed by atoms with Gasteiger partial charge in [-0.15, -0.1) is 0 Å². The summed E-state index contributed by atoms with van der Waals surface area (Å²) in [6.45, 7) is 10.3. The Labute approximate surface area is 130 Å². The van der Waals surface area contributed by atoms with Gasteiger partial charge in [0, 0.05) is 18.6 Å². The monoisotopic (exact) mass is 288 g/mol. The molecule has 1 aliphatic heterocycles. The normalized spacial score (nSPS) is 22.8. The van der Waals surface area contributed by atoms with Gasteiger partial charge in [-0.05, 0) is 63.2 Å². The summed E-state index contributed by atoms with van der Waals surface area (Å²) in [5.74, 6) is 0. The standard InChI is InChI=1S/C19H32N2/c1-4-13-20-14-12-17-8-6-7-9-18(17)15-21-16(3)10-11-19(21)5-2/h6-9,16,19-20H,4-5,10-15H2,1-3H3. The lowest BCUT2D eigenvalue weighted by atomic mass is 10.0. The molecule has 21 heavy (non-hydrogen) atoms. The highest BCUT2D eigenvalue weighted by atomic mass is 15.2. The molecule has 1 N–H and O–H groups in total. The molecule has 2 heteroatoms. The van der Waals surface area contributed by atoms with Gasteiger partial charge in [0.2, 0.25) is 0 Å². The third-order valence-corrected chi connectivity index (χ3v) is 4.89. The largest absolute Gasteiger partial charge is 0.316 e. The number of nitrogens with one attached hydrogen (secondary N) is 1. The lowest BCUT2D eigenvalue weighted by Crippen LogP contribution is -2.34. The first kappa shape index (κ1) is 16.5. The molecule has 0 bridgehead atoms. The van der Waals surface area contributed by atoms with E-state index in [9.17, 15) is 0 Å². The molecule has 2 rings (SSSR count). The highest BCUT2D eigenvalue weighted by Gasteiger charge is 2.29. The molecule has 118 valence electrons. The van der Waals surface area contributed by atoms with Crippen molar-refractivity contribution >= 4 is 0 Å². The van der Waals surface area contributed by atoms with Crippen molar-refractivity contribution < 1.29 is 0 Å². The first-order valence-corrected chi connectivity index (χ1v) is 8.79. The van der Waals surface area contributed by atoms with Crippen LogP contribution in [0.1, 0.15) is 57.6 Å². The quantitative estimate of drug-likeness (QED) is 0.728. The minimum absolute atomic E-state index is 0.737. The van der Waals surface area contributed by atoms with Crippen molar-refractivity contribution in [2.24, 2.45) is 0 Å². The van der Waals surface area contributed by atoms with Crippen LogP contribution >= 0.6 is 0 Å². The molecule has 0 amide bonds. The van der Waals surface area contributed by atoms with Crippen LogP contribution in [0.5, 0.6) is 0 Å². The molecule has 2 nitrogen and oxygen atoms in total. The molecule has 0 radical (unpaired) electrons. The van der Waals surface area contributed by atoms with Gasteiger partial charge in [-0.2, -0.15) is 0 Å². The number of hydrogen-bond acceptors (Lipinski definition) is 2. The highest BCUT2D eigenvalue weighted by Crippen LogP contribution is 2.28. The summed E-state index contributed by atoms with van der Waals surface area (Å²) in [4.78, 5) is 2.72. The zero-order valence-corrected chi connectivity index (χ0v) is 14.1. The Kier molecular flexibility index (Phi) is 6.72. The molecule has 1 fully saturated rings. The van der Waals surface area contributed by atoms with Crippen molar-refractivity contribution in [3.8, 4) is 0 Å². The summed E-state index contributed by atoms with van der Waals surface area (Å²) < 4.78 is 0. The highest BCUT2D eigenvalue weighted by molar-refractivity contribution is 5.27. The Balaban J connectivity index is 1.98. The molecule has 2 atom stereocenters. The third kappa shape index (κ3) is 4.55. The van der Waals surface area contributed by atoms with Gasteiger partial charge in [0.05, 0.1) is 0 Å². The lowest BCUT2D eigenvalue weighted by molar-refractivity contribution is 0.189. The van der Waals surface area contributed by atoms with Gasteiger partial charge < -0.3 is 5.32 Å². The van der Waals surface area contributed by atoms with Gasteiger partial charge in [-0.25, -0.2) is 0 Å². The third-order valence-electron chi connectivity index (χ3n) is 4.89. The number of likely N-dealkylation sites (tertiary alicyclic amines) is 1. The Morgan fingerprint density at radius 1 is 1.10 bits per heavy atom. The van der Waals surface area contributed by atoms with Crippen LogP contribution in [0.25, 0.3) is 0 Å². The maximum absolute atomic E-state index is 3.52. The van der Waals surface area contributed by atoms with Crippen molar-refractivity contribution in [1.82, 2.24) is 10.2 Å². The van der Waals surface area contributed by atoms with Gasteiger partial charge in [0.1, 0.15) is 0 Å². The summed E-state index contributed by atoms with van der Waals surface area (Å²) >= 11 is 0. The summed E-state index contributed by atoms with van der Waals surface area (Å²) in [7, 11) is 0. The summed E-state index contributed by atoms with van der Waals surface area (Å²) in [6, 6.07) is 10.5. The first-order chi connectivity index (χ1) is 10.3. The fourth-order valence-corrected chi connectivity index (χ4v) is 3.53. The number of hydrogen-bond donors (Lipinski definition) is 1. The smallest absolute Gasteiger partial charge is 0.0242 e. The van der Waals surface area contributed by atoms with Gasteiger partial charge in [0.15, 0.2) is 0 Å². The van der Waals surface area contributed by atoms with Crippen LogP contribution in [-0.2, 0) is 13.0 Å². The van der Waals surface area contributed by atoms with Crippen LogP contribution in [0, 0.1) is 0 Å². The molecular weight excluding hydrogens is 256 g/mol. The first-order valence-electron chi connectivity index (χ1n) is 8.79. The number of benzene rings is 1. The van der Waals surface area contributed by atoms with E-state index in [4.69, 9.17) is 0 Å². The van der Waals surface area contributed by atoms with E-state index in [1.165, 1.54) is 36.8 Å². The van der Waals surface area contributed by atoms with Crippen LogP contribution < -0.4 is 5.32 Å². The molecule has 0 spiro atoms. The molecular formula is C19H32N2. The Hall–Kier alpha value is -0.860. The van der Waals surface area contributed by atoms with E-state index in [1.807, 2.05) is 0 Å². The Morgan fingerprint density at radius 2 is 1.86 bits per heavy atom. The van der Waals surface area contributed by atoms with Crippen molar-refractivity contribution in [2.75, 3.05) is 13.1 Å². The van der Waals surface area contributed by atoms with Gasteiger partial charge in [-0.3, -0.25) is 4.90 Å². The second kappa shape index (κ2) is 8.55. The molecule has 1 aliphatic rings. The van der Waals surface area contributed by atoms with E-state index >= 15 is 0 Å². The van der Waals surface area contributed by atoms with E-state index in [-0.39, 0.29) is 0 Å². The average Bonchev–Trinajstić information content (AvgIpc) is 2.86. The minimum atomic E-state index is 0.737. The lowest BCUT2D eigenvalue weighted by Gasteiger charge is -2.28. The second-order valence-corrected chi connectivity index (χ2v) is 6.43. The van der Waals surface area contributed by atoms with Crippen LogP contribution in [-0.4, -0.2) is 30.1 Å². The molecule has 2 unspecified atom stereocenters. The zero-order valence-electron chi connectivity index (χ0n) is 14.1. The van der Waals surface area contributed by atoms with Crippen LogP contribution in [0.2, 0.25) is 0 Å². The molecule has 1 aromatic rings. The van der Waals surface area contributed by atoms with Crippen molar-refractivity contribution in [2.45, 2.75) is 71.5 Å². The van der Waals surface area contributed by atoms with Crippen LogP contribution in [0.4, 0.5) is 0 Å². The fourth-order valence-electron chi connectivity index (χ4n) is 3.53. The van der Waals surface area contributed by atoms with Crippen molar-refractivity contribution in [3.63, 3.8) is 0 Å². The molecule has 0 aliphatic carbocycles. The van der Waals surface area contributed by atoms with E-state index in [1.54, 1.807) is 0 Å². The molecule has 0 aromatic heterocycles. The fraction of sp³-hybridized carbons (Fsp3) is 0.684. The van der Waals surface area contributed by atoms with E-state index in [0.29, 0.717) is 0 Å². The molecule has 0 saturated carbocycles. The predicted octanol–water partition coefficient (Wildman–Crippen LogP) is 3.99. The SMILES string of the molecule is CCCNCCc1ccccc1CN1C(C)CCC1CC. The van der Waals surface area contributed by atoms with E-state index < -0.39 is 0 Å². The molecule has 1 aromatic carbocycles. The summed E-state index contributed by atoms with van der Waals surface area (Å²) in [5.41, 5.74) is 3.05. The van der Waals surface area contributed by atoms with Crippen LogP contribution in [0.3, 0.4) is 0 Å². The zero-order chi connectivity index (χ0) is 15.1. The maximum atomic E-state index is 3.52. The van der Waals surface area contributed by atoms with Crippen molar-refractivity contribution in [3.05, 3.63) is 35.4 Å². The Bertz CT molecular complexity index is 416. The molecule has 1 heterocycles. The van der Waals surface area contributed by atoms with Gasteiger partial charge >= 0.3 is 0 Å². The number of rotatable bonds is 8. The summed E-state index contributed by atoms with van der Waals surface area (Å²) in [6.07, 6.45) is 6.38. The van der Waals surface area contributed by atoms with E-state index in [2.05, 4.69) is 55.3 Å². The second-order valence-electron chi connectivity index (χ2n) is 6.43. The topological polar surface area (TPSA) is 15.3 Å². The van der Waals surface area contributed by atoms with Gasteiger partial charge in [-0.1, -0.05) is 38.1 Å². The van der Waals surface area contributed by atoms with E-state index in [0.717, 1.165) is 38.1 Å². The summed E-state index contributed by atoms with van der Waals surface area (Å²) in [5, 5.41) is 3.52. The average molecular weight is 288 g/mol. The number of nitrogens with zero attached hydrogens (tertiary/aromatic N) is 1. The van der Waals surface area contributed by atoms with Crippen molar-refractivity contribution in [1.29, 1.82) is 0 Å². The minimum Gasteiger partial charge on any atom is -0.316 e. The van der Waals surface area contributed by atoms with Crippen LogP contribution in [0.15, 0.2) is 24.3 Å². The van der Waals surface area contributed by atoms with Gasteiger partial charge in [0.25, 0.3) is 0 Å². The maximum Gasteiger partial charge on any atom is 0.0242 e. The molecule has 1 saturated heterocycles. The predicted molar refractivity (Wildman–Crippen MR) is 91.6 cm³/mol. The Morgan fingerprint density at radius 3 is 2.57 bits per heavy atom.